The van der Waals surface area contributed by atoms with E-state index < -0.39 is 11.6 Å². The summed E-state index contributed by atoms with van der Waals surface area (Å²) in [6.07, 6.45) is 3.46. The molecule has 3 rings (SSSR count). The molecule has 1 aromatic heterocycles. The van der Waals surface area contributed by atoms with Gasteiger partial charge in [0.25, 0.3) is 0 Å². The number of pyridine rings is 1. The van der Waals surface area contributed by atoms with Crippen LogP contribution in [0.1, 0.15) is 24.1 Å². The molecule has 1 aliphatic rings. The fourth-order valence-electron chi connectivity index (χ4n) is 2.44. The van der Waals surface area contributed by atoms with Crippen LogP contribution in [0.2, 0.25) is 0 Å². The Morgan fingerprint density at radius 1 is 1.25 bits per heavy atom. The van der Waals surface area contributed by atoms with Gasteiger partial charge in [-0.15, -0.1) is 12.4 Å². The number of nitrogen functional groups attached to an aromatic ring is 1. The number of anilines is 1. The van der Waals surface area contributed by atoms with Gasteiger partial charge in [0, 0.05) is 29.9 Å². The zero-order valence-corrected chi connectivity index (χ0v) is 13.7. The van der Waals surface area contributed by atoms with Crippen LogP contribution in [0, 0.1) is 11.6 Å². The molecule has 1 amide bonds. The van der Waals surface area contributed by atoms with E-state index in [0.29, 0.717) is 16.9 Å². The van der Waals surface area contributed by atoms with E-state index in [1.807, 2.05) is 0 Å². The molecule has 0 spiro atoms. The molecule has 4 nitrogen and oxygen atoms in total. The highest BCUT2D eigenvalue weighted by Crippen LogP contribution is 2.29. The number of nitrogens with two attached hydrogens (primary N) is 1. The number of halogens is 3. The minimum Gasteiger partial charge on any atom is -0.397 e. The Morgan fingerprint density at radius 2 is 2.00 bits per heavy atom. The molecule has 24 heavy (non-hydrogen) atoms. The van der Waals surface area contributed by atoms with Gasteiger partial charge in [-0.25, -0.2) is 8.78 Å². The highest BCUT2D eigenvalue weighted by molar-refractivity contribution is 5.85. The number of nitrogens with zero attached hydrogens (tertiary/aromatic N) is 2. The third-order valence-electron chi connectivity index (χ3n) is 3.84. The lowest BCUT2D eigenvalue weighted by Gasteiger charge is -2.23. The van der Waals surface area contributed by atoms with Gasteiger partial charge in [0.2, 0.25) is 5.91 Å². The molecule has 0 radical (unpaired) electrons. The number of carbonyl (C=O) groups is 1. The van der Waals surface area contributed by atoms with Crippen molar-refractivity contribution in [3.8, 4) is 0 Å². The zero-order chi connectivity index (χ0) is 16.4. The first-order valence-electron chi connectivity index (χ1n) is 7.47. The number of rotatable bonds is 5. The van der Waals surface area contributed by atoms with Crippen molar-refractivity contribution in [1.29, 1.82) is 0 Å². The number of aromatic nitrogens is 1. The summed E-state index contributed by atoms with van der Waals surface area (Å²) in [5.41, 5.74) is 7.05. The fourth-order valence-corrected chi connectivity index (χ4v) is 2.44. The topological polar surface area (TPSA) is 59.2 Å². The Balaban J connectivity index is 0.00000208. The molecule has 1 heterocycles. The minimum absolute atomic E-state index is 0. The highest BCUT2D eigenvalue weighted by atomic mass is 35.5. The third kappa shape index (κ3) is 4.41. The van der Waals surface area contributed by atoms with Gasteiger partial charge >= 0.3 is 0 Å². The SMILES string of the molecule is Cl.Nc1ccc(CC(=O)N(Cc2ccc(F)cc2F)C2CC2)nc1. The minimum atomic E-state index is -0.631. The van der Waals surface area contributed by atoms with E-state index in [-0.39, 0.29) is 37.3 Å². The first kappa shape index (κ1) is 18.1. The molecule has 1 saturated carbocycles. The van der Waals surface area contributed by atoms with Gasteiger partial charge in [-0.2, -0.15) is 0 Å². The van der Waals surface area contributed by atoms with Crippen LogP contribution in [-0.4, -0.2) is 21.8 Å². The lowest BCUT2D eigenvalue weighted by Crippen LogP contribution is -2.34. The van der Waals surface area contributed by atoms with Gasteiger partial charge < -0.3 is 10.6 Å². The summed E-state index contributed by atoms with van der Waals surface area (Å²) in [4.78, 5) is 18.3. The molecule has 2 N–H and O–H groups in total. The number of amides is 1. The molecule has 0 unspecified atom stereocenters. The van der Waals surface area contributed by atoms with Gasteiger partial charge in [-0.1, -0.05) is 6.07 Å². The van der Waals surface area contributed by atoms with E-state index in [1.54, 1.807) is 17.0 Å². The summed E-state index contributed by atoms with van der Waals surface area (Å²) in [6, 6.07) is 6.95. The summed E-state index contributed by atoms with van der Waals surface area (Å²) in [6.45, 7) is 0.143. The van der Waals surface area contributed by atoms with Gasteiger partial charge in [0.05, 0.1) is 18.3 Å². The maximum atomic E-state index is 13.8. The van der Waals surface area contributed by atoms with Crippen molar-refractivity contribution in [1.82, 2.24) is 9.88 Å². The van der Waals surface area contributed by atoms with E-state index in [0.717, 1.165) is 18.9 Å². The molecule has 1 aliphatic carbocycles. The Bertz CT molecular complexity index is 720. The summed E-state index contributed by atoms with van der Waals surface area (Å²) >= 11 is 0. The molecular formula is C17H18ClF2N3O. The van der Waals surface area contributed by atoms with Crippen LogP contribution in [0.25, 0.3) is 0 Å². The van der Waals surface area contributed by atoms with Crippen molar-refractivity contribution < 1.29 is 13.6 Å². The first-order chi connectivity index (χ1) is 11.0. The normalized spacial score (nSPS) is 13.2. The molecule has 1 aromatic carbocycles. The summed E-state index contributed by atoms with van der Waals surface area (Å²) in [5, 5.41) is 0. The van der Waals surface area contributed by atoms with Crippen LogP contribution in [-0.2, 0) is 17.8 Å². The maximum Gasteiger partial charge on any atom is 0.229 e. The van der Waals surface area contributed by atoms with E-state index in [4.69, 9.17) is 5.73 Å². The monoisotopic (exact) mass is 353 g/mol. The van der Waals surface area contributed by atoms with E-state index >= 15 is 0 Å². The van der Waals surface area contributed by atoms with Gasteiger partial charge in [-0.05, 0) is 31.0 Å². The number of hydrogen-bond acceptors (Lipinski definition) is 3. The summed E-state index contributed by atoms with van der Waals surface area (Å²) < 4.78 is 26.8. The largest absolute Gasteiger partial charge is 0.397 e. The van der Waals surface area contributed by atoms with Crippen molar-refractivity contribution in [2.45, 2.75) is 31.8 Å². The molecule has 1 fully saturated rings. The van der Waals surface area contributed by atoms with Crippen molar-refractivity contribution in [2.24, 2.45) is 0 Å². The first-order valence-corrected chi connectivity index (χ1v) is 7.47. The fraction of sp³-hybridized carbons (Fsp3) is 0.294. The van der Waals surface area contributed by atoms with Crippen LogP contribution in [0.15, 0.2) is 36.5 Å². The Hall–Kier alpha value is -2.21. The number of carbonyl (C=O) groups excluding carboxylic acids is 1. The van der Waals surface area contributed by atoms with Crippen LogP contribution < -0.4 is 5.73 Å². The van der Waals surface area contributed by atoms with E-state index in [9.17, 15) is 13.6 Å². The molecule has 128 valence electrons. The standard InChI is InChI=1S/C17H17F2N3O.ClH/c18-12-2-1-11(16(19)7-12)10-22(15-5-6-15)17(23)8-14-4-3-13(20)9-21-14;/h1-4,7,9,15H,5-6,8,10,20H2;1H. The Morgan fingerprint density at radius 3 is 2.58 bits per heavy atom. The van der Waals surface area contributed by atoms with Crippen LogP contribution >= 0.6 is 12.4 Å². The Labute approximate surface area is 145 Å². The maximum absolute atomic E-state index is 13.8. The quantitative estimate of drug-likeness (QED) is 0.898. The molecule has 0 atom stereocenters. The highest BCUT2D eigenvalue weighted by Gasteiger charge is 2.33. The van der Waals surface area contributed by atoms with E-state index in [1.165, 1.54) is 18.3 Å². The molecular weight excluding hydrogens is 336 g/mol. The van der Waals surface area contributed by atoms with Crippen LogP contribution in [0.5, 0.6) is 0 Å². The van der Waals surface area contributed by atoms with Crippen molar-refractivity contribution in [3.63, 3.8) is 0 Å². The van der Waals surface area contributed by atoms with Crippen molar-refractivity contribution >= 4 is 24.0 Å². The molecule has 7 heteroatoms. The summed E-state index contributed by atoms with van der Waals surface area (Å²) in [5.74, 6) is -1.37. The lowest BCUT2D eigenvalue weighted by atomic mass is 10.1. The van der Waals surface area contributed by atoms with Crippen LogP contribution in [0.4, 0.5) is 14.5 Å². The van der Waals surface area contributed by atoms with Gasteiger partial charge in [0.1, 0.15) is 11.6 Å². The predicted octanol–water partition coefficient (Wildman–Crippen LogP) is 3.10. The second-order valence-corrected chi connectivity index (χ2v) is 5.75. The molecule has 0 saturated heterocycles. The van der Waals surface area contributed by atoms with Crippen molar-refractivity contribution in [2.75, 3.05) is 5.73 Å². The number of hydrogen-bond donors (Lipinski definition) is 1. The molecule has 0 aliphatic heterocycles. The number of benzene rings is 1. The third-order valence-corrected chi connectivity index (χ3v) is 3.84. The van der Waals surface area contributed by atoms with Gasteiger partial charge in [-0.3, -0.25) is 9.78 Å². The van der Waals surface area contributed by atoms with Crippen molar-refractivity contribution in [3.05, 3.63) is 59.4 Å². The smallest absolute Gasteiger partial charge is 0.229 e. The molecule has 0 bridgehead atoms. The molecule has 2 aromatic rings. The van der Waals surface area contributed by atoms with Crippen LogP contribution in [0.3, 0.4) is 0 Å². The Kier molecular flexibility index (Phi) is 5.72. The predicted molar refractivity (Wildman–Crippen MR) is 89.5 cm³/mol. The summed E-state index contributed by atoms with van der Waals surface area (Å²) in [7, 11) is 0. The zero-order valence-electron chi connectivity index (χ0n) is 12.9. The average molecular weight is 354 g/mol. The van der Waals surface area contributed by atoms with Gasteiger partial charge in [0.15, 0.2) is 0 Å². The lowest BCUT2D eigenvalue weighted by molar-refractivity contribution is -0.131. The second kappa shape index (κ2) is 7.57. The second-order valence-electron chi connectivity index (χ2n) is 5.75. The van der Waals surface area contributed by atoms with E-state index in [2.05, 4.69) is 4.98 Å². The average Bonchev–Trinajstić information content (AvgIpc) is 3.33.